The van der Waals surface area contributed by atoms with Crippen molar-refractivity contribution in [2.24, 2.45) is 10.9 Å². The highest BCUT2D eigenvalue weighted by atomic mass is 16.3. The molecule has 0 saturated carbocycles. The van der Waals surface area contributed by atoms with E-state index in [1.807, 2.05) is 24.4 Å². The second-order valence-electron chi connectivity index (χ2n) is 4.39. The van der Waals surface area contributed by atoms with Crippen molar-refractivity contribution in [3.8, 4) is 5.75 Å². The maximum Gasteiger partial charge on any atom is 0.144 e. The molecule has 1 aromatic rings. The van der Waals surface area contributed by atoms with Crippen LogP contribution in [0, 0.1) is 5.92 Å². The van der Waals surface area contributed by atoms with E-state index in [0.29, 0.717) is 23.3 Å². The van der Waals surface area contributed by atoms with Crippen molar-refractivity contribution >= 4 is 11.9 Å². The van der Waals surface area contributed by atoms with E-state index in [4.69, 9.17) is 0 Å². The third kappa shape index (κ3) is 3.08. The first-order valence-corrected chi connectivity index (χ1v) is 5.38. The second kappa shape index (κ2) is 4.96. The van der Waals surface area contributed by atoms with Gasteiger partial charge in [0.25, 0.3) is 0 Å². The van der Waals surface area contributed by atoms with Crippen molar-refractivity contribution in [3.63, 3.8) is 0 Å². The van der Waals surface area contributed by atoms with Crippen molar-refractivity contribution in [2.45, 2.75) is 33.6 Å². The Hall–Kier alpha value is -1.31. The Labute approximate surface area is 91.7 Å². The standard InChI is InChI=1S/C13H19NO/c1-9(2)8-14-12-7-5-6-11(10(3)4)13(12)15/h5-10,15H,1-4H3. The lowest BCUT2D eigenvalue weighted by molar-refractivity contribution is 0.466. The van der Waals surface area contributed by atoms with Gasteiger partial charge in [0.15, 0.2) is 0 Å². The number of rotatable bonds is 3. The molecule has 0 fully saturated rings. The summed E-state index contributed by atoms with van der Waals surface area (Å²) in [5.41, 5.74) is 1.61. The zero-order valence-electron chi connectivity index (χ0n) is 9.86. The van der Waals surface area contributed by atoms with Gasteiger partial charge in [0.2, 0.25) is 0 Å². The first kappa shape index (κ1) is 11.8. The zero-order valence-corrected chi connectivity index (χ0v) is 9.86. The van der Waals surface area contributed by atoms with Crippen molar-refractivity contribution < 1.29 is 5.11 Å². The normalized spacial score (nSPS) is 11.9. The highest BCUT2D eigenvalue weighted by Gasteiger charge is 2.08. The molecule has 2 heteroatoms. The molecular weight excluding hydrogens is 186 g/mol. The minimum atomic E-state index is 0.310. The number of para-hydroxylation sites is 1. The number of phenolic OH excluding ortho intramolecular Hbond substituents is 1. The van der Waals surface area contributed by atoms with Crippen LogP contribution in [0.5, 0.6) is 5.75 Å². The number of aromatic hydroxyl groups is 1. The average Bonchev–Trinajstić information content (AvgIpc) is 2.15. The number of nitrogens with zero attached hydrogens (tertiary/aromatic N) is 1. The van der Waals surface area contributed by atoms with Gasteiger partial charge >= 0.3 is 0 Å². The van der Waals surface area contributed by atoms with E-state index >= 15 is 0 Å². The van der Waals surface area contributed by atoms with Gasteiger partial charge in [-0.25, -0.2) is 0 Å². The minimum Gasteiger partial charge on any atom is -0.505 e. The largest absolute Gasteiger partial charge is 0.505 e. The summed E-state index contributed by atoms with van der Waals surface area (Å²) >= 11 is 0. The first-order chi connectivity index (χ1) is 7.02. The van der Waals surface area contributed by atoms with Gasteiger partial charge in [0, 0.05) is 6.21 Å². The van der Waals surface area contributed by atoms with E-state index in [-0.39, 0.29) is 0 Å². The highest BCUT2D eigenvalue weighted by Crippen LogP contribution is 2.34. The molecule has 0 spiro atoms. The van der Waals surface area contributed by atoms with Gasteiger partial charge in [-0.3, -0.25) is 4.99 Å². The summed E-state index contributed by atoms with van der Waals surface area (Å²) in [7, 11) is 0. The molecule has 1 aromatic carbocycles. The molecule has 0 radical (unpaired) electrons. The molecule has 0 aliphatic rings. The Morgan fingerprint density at radius 1 is 1.20 bits per heavy atom. The predicted molar refractivity (Wildman–Crippen MR) is 65.2 cm³/mol. The molecule has 0 saturated heterocycles. The Morgan fingerprint density at radius 2 is 1.87 bits per heavy atom. The summed E-state index contributed by atoms with van der Waals surface area (Å²) in [6, 6.07) is 5.70. The monoisotopic (exact) mass is 205 g/mol. The predicted octanol–water partition coefficient (Wildman–Crippen LogP) is 3.87. The highest BCUT2D eigenvalue weighted by molar-refractivity contribution is 5.68. The van der Waals surface area contributed by atoms with Crippen LogP contribution in [-0.4, -0.2) is 11.3 Å². The molecule has 0 aliphatic carbocycles. The second-order valence-corrected chi connectivity index (χ2v) is 4.39. The number of phenols is 1. The van der Waals surface area contributed by atoms with Crippen LogP contribution in [-0.2, 0) is 0 Å². The van der Waals surface area contributed by atoms with E-state index < -0.39 is 0 Å². The van der Waals surface area contributed by atoms with Crippen molar-refractivity contribution in [3.05, 3.63) is 23.8 Å². The van der Waals surface area contributed by atoms with E-state index in [1.165, 1.54) is 0 Å². The molecule has 0 amide bonds. The van der Waals surface area contributed by atoms with Gasteiger partial charge in [0.1, 0.15) is 11.4 Å². The molecule has 82 valence electrons. The zero-order chi connectivity index (χ0) is 11.4. The third-order valence-electron chi connectivity index (χ3n) is 2.18. The smallest absolute Gasteiger partial charge is 0.144 e. The van der Waals surface area contributed by atoms with Gasteiger partial charge in [-0.2, -0.15) is 0 Å². The van der Waals surface area contributed by atoms with E-state index in [1.54, 1.807) is 0 Å². The van der Waals surface area contributed by atoms with Crippen molar-refractivity contribution in [1.82, 2.24) is 0 Å². The van der Waals surface area contributed by atoms with Crippen LogP contribution in [0.15, 0.2) is 23.2 Å². The Morgan fingerprint density at radius 3 is 2.40 bits per heavy atom. The summed E-state index contributed by atoms with van der Waals surface area (Å²) in [5.74, 6) is 1.02. The van der Waals surface area contributed by atoms with Crippen LogP contribution in [0.4, 0.5) is 5.69 Å². The average molecular weight is 205 g/mol. The Kier molecular flexibility index (Phi) is 3.89. The topological polar surface area (TPSA) is 32.6 Å². The SMILES string of the molecule is CC(C)C=Nc1cccc(C(C)C)c1O. The van der Waals surface area contributed by atoms with E-state index in [2.05, 4.69) is 32.7 Å². The van der Waals surface area contributed by atoms with E-state index in [9.17, 15) is 5.11 Å². The minimum absolute atomic E-state index is 0.310. The molecular formula is C13H19NO. The maximum atomic E-state index is 9.96. The van der Waals surface area contributed by atoms with Gasteiger partial charge in [-0.1, -0.05) is 39.8 Å². The van der Waals surface area contributed by atoms with Crippen LogP contribution in [0.25, 0.3) is 0 Å². The number of benzene rings is 1. The molecule has 0 heterocycles. The van der Waals surface area contributed by atoms with Gasteiger partial charge in [-0.15, -0.1) is 0 Å². The molecule has 0 atom stereocenters. The molecule has 1 rings (SSSR count). The Balaban J connectivity index is 3.05. The third-order valence-corrected chi connectivity index (χ3v) is 2.18. The fraction of sp³-hybridized carbons (Fsp3) is 0.462. The summed E-state index contributed by atoms with van der Waals surface area (Å²) in [6.45, 7) is 8.25. The number of hydrogen-bond acceptors (Lipinski definition) is 2. The summed E-state index contributed by atoms with van der Waals surface area (Å²) in [4.78, 5) is 4.27. The van der Waals surface area contributed by atoms with Gasteiger partial charge in [-0.05, 0) is 23.5 Å². The summed E-state index contributed by atoms with van der Waals surface area (Å²) in [5, 5.41) is 9.96. The number of aliphatic imine (C=N–C) groups is 1. The molecule has 15 heavy (non-hydrogen) atoms. The Bertz CT molecular complexity index is 354. The maximum absolute atomic E-state index is 9.96. The van der Waals surface area contributed by atoms with Gasteiger partial charge in [0.05, 0.1) is 0 Å². The fourth-order valence-electron chi connectivity index (χ4n) is 1.35. The lowest BCUT2D eigenvalue weighted by Gasteiger charge is -2.09. The molecule has 0 aromatic heterocycles. The van der Waals surface area contributed by atoms with Crippen LogP contribution >= 0.6 is 0 Å². The van der Waals surface area contributed by atoms with Crippen molar-refractivity contribution in [1.29, 1.82) is 0 Å². The summed E-state index contributed by atoms with van der Waals surface area (Å²) < 4.78 is 0. The first-order valence-electron chi connectivity index (χ1n) is 5.38. The lowest BCUT2D eigenvalue weighted by Crippen LogP contribution is -1.89. The molecule has 0 unspecified atom stereocenters. The van der Waals surface area contributed by atoms with Crippen LogP contribution < -0.4 is 0 Å². The van der Waals surface area contributed by atoms with Crippen LogP contribution in [0.1, 0.15) is 39.2 Å². The van der Waals surface area contributed by atoms with Gasteiger partial charge < -0.3 is 5.11 Å². The lowest BCUT2D eigenvalue weighted by atomic mass is 10.0. The van der Waals surface area contributed by atoms with Crippen LogP contribution in [0.2, 0.25) is 0 Å². The van der Waals surface area contributed by atoms with Crippen LogP contribution in [0.3, 0.4) is 0 Å². The van der Waals surface area contributed by atoms with Crippen molar-refractivity contribution in [2.75, 3.05) is 0 Å². The molecule has 0 bridgehead atoms. The molecule has 1 N–H and O–H groups in total. The fourth-order valence-corrected chi connectivity index (χ4v) is 1.35. The van der Waals surface area contributed by atoms with E-state index in [0.717, 1.165) is 5.56 Å². The molecule has 0 aliphatic heterocycles. The molecule has 2 nitrogen and oxygen atoms in total. The number of hydrogen-bond donors (Lipinski definition) is 1. The summed E-state index contributed by atoms with van der Waals surface area (Å²) in [6.07, 6.45) is 1.85. The quantitative estimate of drug-likeness (QED) is 0.746.